The van der Waals surface area contributed by atoms with Crippen LogP contribution in [0.25, 0.3) is 0 Å². The summed E-state index contributed by atoms with van der Waals surface area (Å²) in [5.74, 6) is 0.638. The molecule has 0 spiro atoms. The van der Waals surface area contributed by atoms with Crippen molar-refractivity contribution in [3.8, 4) is 0 Å². The van der Waals surface area contributed by atoms with Gasteiger partial charge in [-0.3, -0.25) is 4.79 Å². The fourth-order valence-corrected chi connectivity index (χ4v) is 2.93. The van der Waals surface area contributed by atoms with Crippen LogP contribution in [-0.4, -0.2) is 41.7 Å². The molecule has 0 aromatic heterocycles. The third-order valence-corrected chi connectivity index (χ3v) is 4.03. The number of carbonyl (C=O) groups excluding carboxylic acids is 1. The van der Waals surface area contributed by atoms with Crippen molar-refractivity contribution in [3.63, 3.8) is 0 Å². The molecular formula is C14H28N2O2. The number of nitrogens with two attached hydrogens (primary N) is 1. The first kappa shape index (κ1) is 15.4. The van der Waals surface area contributed by atoms with Crippen LogP contribution in [0, 0.1) is 11.8 Å². The van der Waals surface area contributed by atoms with Crippen molar-refractivity contribution >= 4 is 5.91 Å². The molecule has 3 N–H and O–H groups in total. The van der Waals surface area contributed by atoms with E-state index in [1.54, 1.807) is 4.90 Å². The SMILES string of the molecule is CCCN(CCO)C(=O)C(C)C1CCCC(N)C1. The normalized spacial score (nSPS) is 25.8. The fraction of sp³-hybridized carbons (Fsp3) is 0.929. The maximum Gasteiger partial charge on any atom is 0.225 e. The summed E-state index contributed by atoms with van der Waals surface area (Å²) in [4.78, 5) is 14.2. The summed E-state index contributed by atoms with van der Waals surface area (Å²) in [6, 6.07) is 0.261. The quantitative estimate of drug-likeness (QED) is 0.754. The Bertz CT molecular complexity index is 252. The molecule has 4 heteroatoms. The Labute approximate surface area is 111 Å². The monoisotopic (exact) mass is 256 g/mol. The molecule has 18 heavy (non-hydrogen) atoms. The Morgan fingerprint density at radius 2 is 2.17 bits per heavy atom. The fourth-order valence-electron chi connectivity index (χ4n) is 2.93. The van der Waals surface area contributed by atoms with Crippen LogP contribution in [0.4, 0.5) is 0 Å². The highest BCUT2D eigenvalue weighted by Crippen LogP contribution is 2.30. The number of aliphatic hydroxyl groups is 1. The first-order valence-corrected chi connectivity index (χ1v) is 7.25. The molecule has 0 radical (unpaired) electrons. The number of aliphatic hydroxyl groups excluding tert-OH is 1. The minimum Gasteiger partial charge on any atom is -0.395 e. The summed E-state index contributed by atoms with van der Waals surface area (Å²) in [6.07, 6.45) is 5.23. The summed E-state index contributed by atoms with van der Waals surface area (Å²) in [6.45, 7) is 5.31. The highest BCUT2D eigenvalue weighted by molar-refractivity contribution is 5.78. The number of carbonyl (C=O) groups is 1. The zero-order valence-corrected chi connectivity index (χ0v) is 11.8. The van der Waals surface area contributed by atoms with Gasteiger partial charge in [0.05, 0.1) is 6.61 Å². The Balaban J connectivity index is 2.56. The second kappa shape index (κ2) is 7.74. The van der Waals surface area contributed by atoms with Gasteiger partial charge in [0.25, 0.3) is 0 Å². The molecule has 0 saturated heterocycles. The van der Waals surface area contributed by atoms with Crippen LogP contribution in [0.3, 0.4) is 0 Å². The van der Waals surface area contributed by atoms with Crippen LogP contribution >= 0.6 is 0 Å². The number of amides is 1. The summed E-state index contributed by atoms with van der Waals surface area (Å²) in [5.41, 5.74) is 5.99. The Hall–Kier alpha value is -0.610. The first-order valence-electron chi connectivity index (χ1n) is 7.25. The maximum atomic E-state index is 12.4. The molecule has 1 fully saturated rings. The predicted octanol–water partition coefficient (Wildman–Crippen LogP) is 1.37. The van der Waals surface area contributed by atoms with Gasteiger partial charge in [0.1, 0.15) is 0 Å². The molecule has 0 bridgehead atoms. The van der Waals surface area contributed by atoms with Crippen molar-refractivity contribution < 1.29 is 9.90 Å². The van der Waals surface area contributed by atoms with Gasteiger partial charge in [-0.2, -0.15) is 0 Å². The Kier molecular flexibility index (Phi) is 6.65. The van der Waals surface area contributed by atoms with E-state index >= 15 is 0 Å². The van der Waals surface area contributed by atoms with Gasteiger partial charge in [0.2, 0.25) is 5.91 Å². The van der Waals surface area contributed by atoms with E-state index in [4.69, 9.17) is 10.8 Å². The van der Waals surface area contributed by atoms with Crippen LogP contribution in [0.2, 0.25) is 0 Å². The van der Waals surface area contributed by atoms with E-state index in [0.717, 1.165) is 38.6 Å². The van der Waals surface area contributed by atoms with Crippen LogP contribution in [0.1, 0.15) is 46.0 Å². The van der Waals surface area contributed by atoms with Gasteiger partial charge in [0.15, 0.2) is 0 Å². The number of rotatable bonds is 6. The summed E-state index contributed by atoms with van der Waals surface area (Å²) >= 11 is 0. The Morgan fingerprint density at radius 1 is 1.44 bits per heavy atom. The van der Waals surface area contributed by atoms with Gasteiger partial charge < -0.3 is 15.7 Å². The molecule has 0 aromatic carbocycles. The number of nitrogens with zero attached hydrogens (tertiary/aromatic N) is 1. The average molecular weight is 256 g/mol. The molecule has 3 unspecified atom stereocenters. The lowest BCUT2D eigenvalue weighted by Gasteiger charge is -2.33. The van der Waals surface area contributed by atoms with Crippen LogP contribution in [0.15, 0.2) is 0 Å². The van der Waals surface area contributed by atoms with Gasteiger partial charge in [-0.15, -0.1) is 0 Å². The molecule has 0 aromatic rings. The smallest absolute Gasteiger partial charge is 0.225 e. The zero-order chi connectivity index (χ0) is 13.5. The third-order valence-electron chi connectivity index (χ3n) is 4.03. The van der Waals surface area contributed by atoms with Crippen LogP contribution in [0.5, 0.6) is 0 Å². The van der Waals surface area contributed by atoms with E-state index in [0.29, 0.717) is 12.5 Å². The van der Waals surface area contributed by atoms with E-state index in [1.807, 2.05) is 6.92 Å². The van der Waals surface area contributed by atoms with Gasteiger partial charge in [0, 0.05) is 25.0 Å². The summed E-state index contributed by atoms with van der Waals surface area (Å²) in [7, 11) is 0. The van der Waals surface area contributed by atoms with Crippen molar-refractivity contribution in [3.05, 3.63) is 0 Å². The summed E-state index contributed by atoms with van der Waals surface area (Å²) in [5, 5.41) is 9.03. The maximum absolute atomic E-state index is 12.4. The second-order valence-electron chi connectivity index (χ2n) is 5.52. The standard InChI is InChI=1S/C14H28N2O2/c1-3-7-16(8-9-17)14(18)11(2)12-5-4-6-13(15)10-12/h11-13,17H,3-10,15H2,1-2H3. The number of hydrogen-bond acceptors (Lipinski definition) is 3. The molecule has 1 aliphatic carbocycles. The van der Waals surface area contributed by atoms with Crippen LogP contribution < -0.4 is 5.73 Å². The van der Waals surface area contributed by atoms with Crippen molar-refractivity contribution in [1.29, 1.82) is 0 Å². The molecule has 1 rings (SSSR count). The Morgan fingerprint density at radius 3 is 2.72 bits per heavy atom. The molecule has 0 heterocycles. The van der Waals surface area contributed by atoms with Crippen molar-refractivity contribution in [1.82, 2.24) is 4.90 Å². The highest BCUT2D eigenvalue weighted by atomic mass is 16.3. The lowest BCUT2D eigenvalue weighted by molar-refractivity contribution is -0.137. The third kappa shape index (κ3) is 4.25. The van der Waals surface area contributed by atoms with E-state index in [1.165, 1.54) is 0 Å². The van der Waals surface area contributed by atoms with Gasteiger partial charge >= 0.3 is 0 Å². The minimum atomic E-state index is 0.0365. The first-order chi connectivity index (χ1) is 8.60. The van der Waals surface area contributed by atoms with Crippen molar-refractivity contribution in [2.75, 3.05) is 19.7 Å². The topological polar surface area (TPSA) is 66.6 Å². The zero-order valence-electron chi connectivity index (χ0n) is 11.8. The summed E-state index contributed by atoms with van der Waals surface area (Å²) < 4.78 is 0. The van der Waals surface area contributed by atoms with Crippen LogP contribution in [-0.2, 0) is 4.79 Å². The molecule has 0 aliphatic heterocycles. The van der Waals surface area contributed by atoms with E-state index in [2.05, 4.69) is 6.92 Å². The van der Waals surface area contributed by atoms with E-state index in [9.17, 15) is 4.79 Å². The largest absolute Gasteiger partial charge is 0.395 e. The molecule has 106 valence electrons. The minimum absolute atomic E-state index is 0.0365. The van der Waals surface area contributed by atoms with Gasteiger partial charge in [-0.05, 0) is 31.6 Å². The van der Waals surface area contributed by atoms with Gasteiger partial charge in [-0.1, -0.05) is 20.3 Å². The molecular weight excluding hydrogens is 228 g/mol. The average Bonchev–Trinajstić information content (AvgIpc) is 2.37. The lowest BCUT2D eigenvalue weighted by Crippen LogP contribution is -2.42. The van der Waals surface area contributed by atoms with Crippen molar-refractivity contribution in [2.24, 2.45) is 17.6 Å². The predicted molar refractivity (Wildman–Crippen MR) is 73.1 cm³/mol. The lowest BCUT2D eigenvalue weighted by atomic mass is 9.78. The number of hydrogen-bond donors (Lipinski definition) is 2. The highest BCUT2D eigenvalue weighted by Gasteiger charge is 2.30. The molecule has 3 atom stereocenters. The molecule has 1 saturated carbocycles. The molecule has 4 nitrogen and oxygen atoms in total. The van der Waals surface area contributed by atoms with Crippen molar-refractivity contribution in [2.45, 2.75) is 52.0 Å². The second-order valence-corrected chi connectivity index (χ2v) is 5.52. The molecule has 1 amide bonds. The molecule has 1 aliphatic rings. The van der Waals surface area contributed by atoms with Gasteiger partial charge in [-0.25, -0.2) is 0 Å². The van der Waals surface area contributed by atoms with E-state index in [-0.39, 0.29) is 24.5 Å². The van der Waals surface area contributed by atoms with E-state index < -0.39 is 0 Å².